The van der Waals surface area contributed by atoms with Crippen LogP contribution in [0.4, 0.5) is 0 Å². The van der Waals surface area contributed by atoms with Gasteiger partial charge in [0.2, 0.25) is 0 Å². The Balaban J connectivity index is 2.14. The number of nitrogens with zero attached hydrogens (tertiary/aromatic N) is 1. The highest BCUT2D eigenvalue weighted by atomic mass is 16.3. The van der Waals surface area contributed by atoms with Crippen molar-refractivity contribution in [3.8, 4) is 5.75 Å². The van der Waals surface area contributed by atoms with E-state index < -0.39 is 0 Å². The van der Waals surface area contributed by atoms with Crippen LogP contribution in [-0.4, -0.2) is 16.6 Å². The molecule has 1 saturated heterocycles. The molecule has 0 amide bonds. The maximum Gasteiger partial charge on any atom is 0.134 e. The highest BCUT2D eigenvalue weighted by Crippen LogP contribution is 2.23. The first kappa shape index (κ1) is 8.51. The number of hydrogen-bond donors (Lipinski definition) is 2. The van der Waals surface area contributed by atoms with Crippen molar-refractivity contribution in [2.24, 2.45) is 0 Å². The van der Waals surface area contributed by atoms with Crippen LogP contribution in [0, 0.1) is 0 Å². The lowest BCUT2D eigenvalue weighted by Gasteiger charge is -2.23. The number of rotatable bonds is 1. The Morgan fingerprint density at radius 1 is 1.38 bits per heavy atom. The van der Waals surface area contributed by atoms with Gasteiger partial charge in [-0.3, -0.25) is 4.98 Å². The van der Waals surface area contributed by atoms with Gasteiger partial charge in [-0.25, -0.2) is 0 Å². The van der Waals surface area contributed by atoms with Crippen LogP contribution >= 0.6 is 0 Å². The first-order chi connectivity index (χ1) is 6.36. The second kappa shape index (κ2) is 3.75. The summed E-state index contributed by atoms with van der Waals surface area (Å²) in [5, 5.41) is 12.7. The molecule has 0 aromatic carbocycles. The molecule has 70 valence electrons. The lowest BCUT2D eigenvalue weighted by molar-refractivity contribution is 0.408. The van der Waals surface area contributed by atoms with Crippen molar-refractivity contribution in [3.63, 3.8) is 0 Å². The standard InChI is InChI=1S/C10H14N2O/c13-9-5-8(6-11-7-9)10-3-1-2-4-12-10/h5-7,10,12-13H,1-4H2/t10-/m0/s1. The van der Waals surface area contributed by atoms with Crippen LogP contribution < -0.4 is 5.32 Å². The summed E-state index contributed by atoms with van der Waals surface area (Å²) in [5.74, 6) is 0.255. The highest BCUT2D eigenvalue weighted by Gasteiger charge is 2.14. The maximum atomic E-state index is 9.25. The van der Waals surface area contributed by atoms with Gasteiger partial charge in [-0.1, -0.05) is 6.42 Å². The molecule has 2 N–H and O–H groups in total. The molecule has 1 fully saturated rings. The van der Waals surface area contributed by atoms with E-state index in [1.54, 1.807) is 6.07 Å². The van der Waals surface area contributed by atoms with Crippen LogP contribution in [0.5, 0.6) is 5.75 Å². The first-order valence-electron chi connectivity index (χ1n) is 4.73. The molecule has 13 heavy (non-hydrogen) atoms. The number of hydrogen-bond acceptors (Lipinski definition) is 3. The summed E-state index contributed by atoms with van der Waals surface area (Å²) < 4.78 is 0. The zero-order valence-corrected chi connectivity index (χ0v) is 7.53. The second-order valence-corrected chi connectivity index (χ2v) is 3.48. The largest absolute Gasteiger partial charge is 0.506 e. The van der Waals surface area contributed by atoms with E-state index in [4.69, 9.17) is 0 Å². The zero-order valence-electron chi connectivity index (χ0n) is 7.53. The molecule has 3 heteroatoms. The summed E-state index contributed by atoms with van der Waals surface area (Å²) in [5.41, 5.74) is 1.10. The number of pyridine rings is 1. The lowest BCUT2D eigenvalue weighted by atomic mass is 9.99. The van der Waals surface area contributed by atoms with Crippen molar-refractivity contribution in [2.45, 2.75) is 25.3 Å². The summed E-state index contributed by atoms with van der Waals surface area (Å²) >= 11 is 0. The van der Waals surface area contributed by atoms with E-state index in [9.17, 15) is 5.11 Å². The minimum absolute atomic E-state index is 0.255. The highest BCUT2D eigenvalue weighted by molar-refractivity contribution is 5.24. The molecule has 1 aliphatic heterocycles. The molecule has 0 spiro atoms. The van der Waals surface area contributed by atoms with Gasteiger partial charge in [0.15, 0.2) is 0 Å². The zero-order chi connectivity index (χ0) is 9.10. The third-order valence-electron chi connectivity index (χ3n) is 2.46. The lowest BCUT2D eigenvalue weighted by Crippen LogP contribution is -2.26. The normalized spacial score (nSPS) is 22.9. The van der Waals surface area contributed by atoms with Gasteiger partial charge in [0.25, 0.3) is 0 Å². The fourth-order valence-electron chi connectivity index (χ4n) is 1.77. The van der Waals surface area contributed by atoms with E-state index in [1.165, 1.54) is 19.0 Å². The summed E-state index contributed by atoms with van der Waals surface area (Å²) in [4.78, 5) is 3.97. The van der Waals surface area contributed by atoms with Crippen molar-refractivity contribution in [2.75, 3.05) is 6.54 Å². The molecule has 0 aliphatic carbocycles. The van der Waals surface area contributed by atoms with Crippen molar-refractivity contribution in [1.82, 2.24) is 10.3 Å². The Labute approximate surface area is 77.8 Å². The molecular formula is C10H14N2O. The summed E-state index contributed by atoms with van der Waals surface area (Å²) in [6.07, 6.45) is 6.94. The van der Waals surface area contributed by atoms with Crippen LogP contribution in [0.3, 0.4) is 0 Å². The number of nitrogens with one attached hydrogen (secondary N) is 1. The molecular weight excluding hydrogens is 164 g/mol. The first-order valence-corrected chi connectivity index (χ1v) is 4.73. The third kappa shape index (κ3) is 1.98. The molecule has 0 radical (unpaired) electrons. The van der Waals surface area contributed by atoms with Gasteiger partial charge in [0, 0.05) is 12.2 Å². The van der Waals surface area contributed by atoms with Crippen LogP contribution in [-0.2, 0) is 0 Å². The minimum atomic E-state index is 0.255. The van der Waals surface area contributed by atoms with E-state index in [1.807, 2.05) is 6.20 Å². The van der Waals surface area contributed by atoms with Crippen LogP contribution in [0.25, 0.3) is 0 Å². The smallest absolute Gasteiger partial charge is 0.134 e. The van der Waals surface area contributed by atoms with Crippen LogP contribution in [0.2, 0.25) is 0 Å². The van der Waals surface area contributed by atoms with E-state index in [-0.39, 0.29) is 5.75 Å². The number of aromatic nitrogens is 1. The van der Waals surface area contributed by atoms with Crippen molar-refractivity contribution in [3.05, 3.63) is 24.0 Å². The maximum absolute atomic E-state index is 9.25. The SMILES string of the molecule is Oc1cncc([C@@H]2CCCCN2)c1. The minimum Gasteiger partial charge on any atom is -0.506 e. The Morgan fingerprint density at radius 3 is 3.00 bits per heavy atom. The fourth-order valence-corrected chi connectivity index (χ4v) is 1.77. The molecule has 1 aromatic rings. The molecule has 3 nitrogen and oxygen atoms in total. The topological polar surface area (TPSA) is 45.2 Å². The summed E-state index contributed by atoms with van der Waals surface area (Å²) in [6.45, 7) is 1.07. The van der Waals surface area contributed by atoms with Gasteiger partial charge in [0.1, 0.15) is 5.75 Å². The van der Waals surface area contributed by atoms with Gasteiger partial charge in [0.05, 0.1) is 6.20 Å². The van der Waals surface area contributed by atoms with Gasteiger partial charge < -0.3 is 10.4 Å². The number of piperidine rings is 1. The van der Waals surface area contributed by atoms with Crippen molar-refractivity contribution < 1.29 is 5.11 Å². The average molecular weight is 178 g/mol. The molecule has 2 rings (SSSR count). The monoisotopic (exact) mass is 178 g/mol. The molecule has 1 atom stereocenters. The van der Waals surface area contributed by atoms with E-state index in [0.29, 0.717) is 6.04 Å². The predicted molar refractivity (Wildman–Crippen MR) is 50.5 cm³/mol. The average Bonchev–Trinajstić information content (AvgIpc) is 2.19. The molecule has 2 heterocycles. The third-order valence-corrected chi connectivity index (χ3v) is 2.46. The fraction of sp³-hybridized carbons (Fsp3) is 0.500. The molecule has 1 aromatic heterocycles. The van der Waals surface area contributed by atoms with Crippen LogP contribution in [0.1, 0.15) is 30.9 Å². The van der Waals surface area contributed by atoms with Crippen LogP contribution in [0.15, 0.2) is 18.5 Å². The second-order valence-electron chi connectivity index (χ2n) is 3.48. The Bertz CT molecular complexity index is 282. The Kier molecular flexibility index (Phi) is 2.45. The van der Waals surface area contributed by atoms with Gasteiger partial charge in [-0.2, -0.15) is 0 Å². The molecule has 1 aliphatic rings. The van der Waals surface area contributed by atoms with Crippen molar-refractivity contribution >= 4 is 0 Å². The van der Waals surface area contributed by atoms with Crippen molar-refractivity contribution in [1.29, 1.82) is 0 Å². The number of aromatic hydroxyl groups is 1. The quantitative estimate of drug-likeness (QED) is 0.686. The van der Waals surface area contributed by atoms with E-state index in [0.717, 1.165) is 18.5 Å². The molecule has 0 saturated carbocycles. The Morgan fingerprint density at radius 2 is 2.31 bits per heavy atom. The van der Waals surface area contributed by atoms with Gasteiger partial charge in [-0.15, -0.1) is 0 Å². The van der Waals surface area contributed by atoms with E-state index in [2.05, 4.69) is 10.3 Å². The predicted octanol–water partition coefficient (Wildman–Crippen LogP) is 1.60. The van der Waals surface area contributed by atoms with E-state index >= 15 is 0 Å². The molecule has 0 bridgehead atoms. The Hall–Kier alpha value is -1.09. The summed E-state index contributed by atoms with van der Waals surface area (Å²) in [7, 11) is 0. The van der Waals surface area contributed by atoms with Gasteiger partial charge >= 0.3 is 0 Å². The van der Waals surface area contributed by atoms with Gasteiger partial charge in [-0.05, 0) is 31.0 Å². The summed E-state index contributed by atoms with van der Waals surface area (Å²) in [6, 6.07) is 2.17. The molecule has 0 unspecified atom stereocenters.